The zero-order valence-electron chi connectivity index (χ0n) is 8.13. The maximum Gasteiger partial charge on any atom is 0.116 e. The highest BCUT2D eigenvalue weighted by atomic mass is 14.8. The molecule has 0 aliphatic heterocycles. The molecule has 0 fully saturated rings. The van der Waals surface area contributed by atoms with E-state index in [1.54, 1.807) is 6.33 Å². The van der Waals surface area contributed by atoms with Crippen molar-refractivity contribution in [1.29, 1.82) is 0 Å². The van der Waals surface area contributed by atoms with Crippen molar-refractivity contribution in [2.24, 2.45) is 0 Å². The second-order valence-electron chi connectivity index (χ2n) is 3.36. The maximum absolute atomic E-state index is 4.29. The van der Waals surface area contributed by atoms with Gasteiger partial charge in [0.2, 0.25) is 0 Å². The van der Waals surface area contributed by atoms with Crippen molar-refractivity contribution in [2.75, 3.05) is 0 Å². The molecule has 0 unspecified atom stereocenters. The molecule has 1 aromatic heterocycles. The smallest absolute Gasteiger partial charge is 0.116 e. The van der Waals surface area contributed by atoms with Crippen LogP contribution in [-0.2, 0) is 0 Å². The van der Waals surface area contributed by atoms with Gasteiger partial charge >= 0.3 is 0 Å². The van der Waals surface area contributed by atoms with E-state index in [1.165, 1.54) is 11.1 Å². The van der Waals surface area contributed by atoms with E-state index in [9.17, 15) is 0 Å². The number of hydrogen-bond donors (Lipinski definition) is 0. The second kappa shape index (κ2) is 2.80. The molecule has 66 valence electrons. The van der Waals surface area contributed by atoms with E-state index in [1.807, 2.05) is 6.92 Å². The van der Waals surface area contributed by atoms with Crippen molar-refractivity contribution in [2.45, 2.75) is 20.8 Å². The third-order valence-electron chi connectivity index (χ3n) is 2.53. The topological polar surface area (TPSA) is 25.8 Å². The SMILES string of the molecule is Cc1ccc2c(C)ncnc2c1C. The fourth-order valence-corrected chi connectivity index (χ4v) is 1.50. The van der Waals surface area contributed by atoms with Gasteiger partial charge in [0, 0.05) is 11.1 Å². The van der Waals surface area contributed by atoms with Gasteiger partial charge in [-0.3, -0.25) is 0 Å². The summed E-state index contributed by atoms with van der Waals surface area (Å²) in [5, 5.41) is 1.16. The summed E-state index contributed by atoms with van der Waals surface area (Å²) in [5.41, 5.74) is 4.66. The lowest BCUT2D eigenvalue weighted by Gasteiger charge is -2.05. The molecule has 0 radical (unpaired) electrons. The number of nitrogens with zero attached hydrogens (tertiary/aromatic N) is 2. The Hall–Kier alpha value is -1.44. The van der Waals surface area contributed by atoms with E-state index in [-0.39, 0.29) is 0 Å². The lowest BCUT2D eigenvalue weighted by molar-refractivity contribution is 1.14. The van der Waals surface area contributed by atoms with Crippen LogP contribution in [0.2, 0.25) is 0 Å². The van der Waals surface area contributed by atoms with Crippen LogP contribution in [-0.4, -0.2) is 9.97 Å². The molecule has 13 heavy (non-hydrogen) atoms. The van der Waals surface area contributed by atoms with Crippen LogP contribution in [0.15, 0.2) is 18.5 Å². The van der Waals surface area contributed by atoms with E-state index >= 15 is 0 Å². The van der Waals surface area contributed by atoms with Gasteiger partial charge in [0.1, 0.15) is 6.33 Å². The van der Waals surface area contributed by atoms with Crippen LogP contribution in [0.1, 0.15) is 16.8 Å². The zero-order valence-corrected chi connectivity index (χ0v) is 8.13. The standard InChI is InChI=1S/C11H12N2/c1-7-4-5-10-9(3)12-6-13-11(10)8(7)2/h4-6H,1-3H3. The number of rotatable bonds is 0. The van der Waals surface area contributed by atoms with Crippen molar-refractivity contribution < 1.29 is 0 Å². The summed E-state index contributed by atoms with van der Waals surface area (Å²) >= 11 is 0. The molecule has 0 aliphatic rings. The van der Waals surface area contributed by atoms with Gasteiger partial charge < -0.3 is 0 Å². The summed E-state index contributed by atoms with van der Waals surface area (Å²) in [5.74, 6) is 0. The highest BCUT2D eigenvalue weighted by Crippen LogP contribution is 2.20. The number of benzene rings is 1. The molecule has 0 amide bonds. The molecular formula is C11H12N2. The molecule has 0 atom stereocenters. The van der Waals surface area contributed by atoms with Gasteiger partial charge in [0.05, 0.1) is 5.52 Å². The minimum atomic E-state index is 1.05. The third kappa shape index (κ3) is 1.18. The van der Waals surface area contributed by atoms with Crippen molar-refractivity contribution >= 4 is 10.9 Å². The number of aromatic nitrogens is 2. The number of fused-ring (bicyclic) bond motifs is 1. The number of hydrogen-bond acceptors (Lipinski definition) is 2. The van der Waals surface area contributed by atoms with Crippen LogP contribution in [0.4, 0.5) is 0 Å². The zero-order chi connectivity index (χ0) is 9.42. The van der Waals surface area contributed by atoms with Crippen LogP contribution in [0.25, 0.3) is 10.9 Å². The fourth-order valence-electron chi connectivity index (χ4n) is 1.50. The minimum absolute atomic E-state index is 1.05. The summed E-state index contributed by atoms with van der Waals surface area (Å²) in [6.45, 7) is 6.22. The summed E-state index contributed by atoms with van der Waals surface area (Å²) in [6.07, 6.45) is 1.63. The van der Waals surface area contributed by atoms with E-state index in [0.717, 1.165) is 16.6 Å². The Bertz CT molecular complexity index is 461. The Morgan fingerprint density at radius 2 is 1.77 bits per heavy atom. The maximum atomic E-state index is 4.29. The molecule has 2 heteroatoms. The van der Waals surface area contributed by atoms with Crippen molar-refractivity contribution in [3.63, 3.8) is 0 Å². The van der Waals surface area contributed by atoms with Crippen LogP contribution in [0.3, 0.4) is 0 Å². The van der Waals surface area contributed by atoms with Gasteiger partial charge in [-0.2, -0.15) is 0 Å². The Labute approximate surface area is 77.6 Å². The van der Waals surface area contributed by atoms with Crippen LogP contribution < -0.4 is 0 Å². The molecule has 2 rings (SSSR count). The molecule has 2 aromatic rings. The van der Waals surface area contributed by atoms with Gasteiger partial charge in [-0.1, -0.05) is 12.1 Å². The predicted molar refractivity (Wildman–Crippen MR) is 53.7 cm³/mol. The fraction of sp³-hybridized carbons (Fsp3) is 0.273. The Morgan fingerprint density at radius 1 is 1.00 bits per heavy atom. The van der Waals surface area contributed by atoms with Gasteiger partial charge in [-0.05, 0) is 31.9 Å². The van der Waals surface area contributed by atoms with E-state index in [2.05, 4.69) is 35.9 Å². The van der Waals surface area contributed by atoms with E-state index in [0.29, 0.717) is 0 Å². The van der Waals surface area contributed by atoms with Crippen molar-refractivity contribution in [3.8, 4) is 0 Å². The highest BCUT2D eigenvalue weighted by Gasteiger charge is 2.03. The minimum Gasteiger partial charge on any atom is -0.241 e. The lowest BCUT2D eigenvalue weighted by atomic mass is 10.1. The van der Waals surface area contributed by atoms with Crippen LogP contribution in [0.5, 0.6) is 0 Å². The Morgan fingerprint density at radius 3 is 2.54 bits per heavy atom. The summed E-state index contributed by atoms with van der Waals surface area (Å²) in [6, 6.07) is 4.21. The molecule has 0 spiro atoms. The first kappa shape index (κ1) is 8.17. The molecule has 0 N–H and O–H groups in total. The molecule has 0 saturated carbocycles. The van der Waals surface area contributed by atoms with E-state index < -0.39 is 0 Å². The molecule has 1 heterocycles. The third-order valence-corrected chi connectivity index (χ3v) is 2.53. The number of aryl methyl sites for hydroxylation is 3. The predicted octanol–water partition coefficient (Wildman–Crippen LogP) is 2.56. The molecule has 0 bridgehead atoms. The lowest BCUT2D eigenvalue weighted by Crippen LogP contribution is -1.91. The highest BCUT2D eigenvalue weighted by molar-refractivity contribution is 5.84. The second-order valence-corrected chi connectivity index (χ2v) is 3.36. The van der Waals surface area contributed by atoms with Crippen LogP contribution >= 0.6 is 0 Å². The van der Waals surface area contributed by atoms with Crippen molar-refractivity contribution in [1.82, 2.24) is 9.97 Å². The summed E-state index contributed by atoms with van der Waals surface area (Å²) in [4.78, 5) is 8.46. The first-order valence-electron chi connectivity index (χ1n) is 4.37. The quantitative estimate of drug-likeness (QED) is 0.610. The van der Waals surface area contributed by atoms with Gasteiger partial charge in [-0.25, -0.2) is 9.97 Å². The first-order valence-corrected chi connectivity index (χ1v) is 4.37. The average Bonchev–Trinajstić information content (AvgIpc) is 2.12. The monoisotopic (exact) mass is 172 g/mol. The molecule has 2 nitrogen and oxygen atoms in total. The first-order chi connectivity index (χ1) is 6.20. The molecule has 1 aromatic carbocycles. The molecule has 0 aliphatic carbocycles. The van der Waals surface area contributed by atoms with Gasteiger partial charge in [-0.15, -0.1) is 0 Å². The molecular weight excluding hydrogens is 160 g/mol. The Kier molecular flexibility index (Phi) is 1.76. The molecule has 0 saturated heterocycles. The summed E-state index contributed by atoms with van der Waals surface area (Å²) < 4.78 is 0. The van der Waals surface area contributed by atoms with Gasteiger partial charge in [0.25, 0.3) is 0 Å². The average molecular weight is 172 g/mol. The Balaban J connectivity index is 2.94. The van der Waals surface area contributed by atoms with E-state index in [4.69, 9.17) is 0 Å². The normalized spacial score (nSPS) is 10.7. The summed E-state index contributed by atoms with van der Waals surface area (Å²) in [7, 11) is 0. The van der Waals surface area contributed by atoms with Gasteiger partial charge in [0.15, 0.2) is 0 Å². The van der Waals surface area contributed by atoms with Crippen LogP contribution in [0, 0.1) is 20.8 Å². The largest absolute Gasteiger partial charge is 0.241 e. The van der Waals surface area contributed by atoms with Crippen molar-refractivity contribution in [3.05, 3.63) is 35.3 Å².